The van der Waals surface area contributed by atoms with Gasteiger partial charge in [0.2, 0.25) is 5.95 Å². The number of carboxylic acid groups (broad SMARTS) is 1. The number of rotatable bonds is 4. The molecule has 3 atom stereocenters. The maximum atomic E-state index is 11.8. The molecule has 12 heteroatoms. The van der Waals surface area contributed by atoms with Crippen LogP contribution in [0, 0.1) is 10.8 Å². The van der Waals surface area contributed by atoms with Gasteiger partial charge >= 0.3 is 6.09 Å². The molecule has 6 heterocycles. The lowest BCUT2D eigenvalue weighted by Crippen LogP contribution is -2.77. The van der Waals surface area contributed by atoms with Gasteiger partial charge in [-0.15, -0.1) is 10.2 Å². The normalized spacial score (nSPS) is 27.6. The Hall–Kier alpha value is -4.45. The lowest BCUT2D eigenvalue weighted by atomic mass is 9.50. The van der Waals surface area contributed by atoms with Gasteiger partial charge in [0.25, 0.3) is 0 Å². The highest BCUT2D eigenvalue weighted by atomic mass is 16.4. The van der Waals surface area contributed by atoms with Crippen LogP contribution in [0.1, 0.15) is 64.8 Å². The molecule has 2 saturated heterocycles. The van der Waals surface area contributed by atoms with Crippen molar-refractivity contribution in [3.8, 4) is 17.0 Å². The maximum Gasteiger partial charge on any atom is 0.407 e. The van der Waals surface area contributed by atoms with E-state index in [0.29, 0.717) is 35.8 Å². The number of likely N-dealkylation sites (tertiary alicyclic amines) is 1. The Morgan fingerprint density at radius 3 is 2.48 bits per heavy atom. The second kappa shape index (κ2) is 11.0. The number of para-hydroxylation sites is 1. The number of aromatic nitrogens is 5. The van der Waals surface area contributed by atoms with Crippen molar-refractivity contribution in [2.75, 3.05) is 42.5 Å². The fourth-order valence-corrected chi connectivity index (χ4v) is 9.55. The molecule has 8 rings (SSSR count). The van der Waals surface area contributed by atoms with Crippen LogP contribution >= 0.6 is 0 Å². The van der Waals surface area contributed by atoms with Crippen LogP contribution in [0.15, 0.2) is 42.7 Å². The lowest BCUT2D eigenvalue weighted by molar-refractivity contribution is -0.182. The fraction of sp³-hybridized carbons (Fsp3) is 0.528. The molecule has 252 valence electrons. The molecule has 12 nitrogen and oxygen atoms in total. The number of fused-ring (bicyclic) bond motifs is 3. The SMILES string of the molecule is C[C@@H]1c2c([nH]c3nnc(-c4ccccc4O)cc23)CCN1c1ncc(N2CCN(C3CC4(C3)CN(C(=O)O)C4C(C)(C)C)[C@H](C)C2)cn1. The van der Waals surface area contributed by atoms with Crippen LogP contribution in [0.4, 0.5) is 16.4 Å². The summed E-state index contributed by atoms with van der Waals surface area (Å²) in [5, 5.41) is 30.0. The molecule has 4 aliphatic rings. The molecule has 1 saturated carbocycles. The molecular weight excluding hydrogens is 606 g/mol. The molecule has 3 aromatic heterocycles. The average Bonchev–Trinajstić information content (AvgIpc) is 3.39. The number of anilines is 2. The minimum Gasteiger partial charge on any atom is -0.507 e. The first kappa shape index (κ1) is 30.9. The van der Waals surface area contributed by atoms with E-state index in [-0.39, 0.29) is 28.7 Å². The summed E-state index contributed by atoms with van der Waals surface area (Å²) in [6.07, 6.45) is 6.12. The third-order valence-electron chi connectivity index (χ3n) is 11.5. The summed E-state index contributed by atoms with van der Waals surface area (Å²) < 4.78 is 0. The molecule has 0 bridgehead atoms. The van der Waals surface area contributed by atoms with Crippen LogP contribution in [-0.4, -0.2) is 102 Å². The number of carbonyl (C=O) groups is 1. The van der Waals surface area contributed by atoms with Crippen molar-refractivity contribution in [2.24, 2.45) is 10.8 Å². The third kappa shape index (κ3) is 4.86. The van der Waals surface area contributed by atoms with E-state index in [1.54, 1.807) is 17.0 Å². The molecule has 3 N–H and O–H groups in total. The van der Waals surface area contributed by atoms with Crippen molar-refractivity contribution in [1.29, 1.82) is 0 Å². The van der Waals surface area contributed by atoms with E-state index < -0.39 is 6.09 Å². The molecule has 1 unspecified atom stereocenters. The minimum atomic E-state index is -0.786. The predicted octanol–water partition coefficient (Wildman–Crippen LogP) is 5.31. The predicted molar refractivity (Wildman–Crippen MR) is 184 cm³/mol. The zero-order chi connectivity index (χ0) is 33.5. The highest BCUT2D eigenvalue weighted by Crippen LogP contribution is 2.59. The maximum absolute atomic E-state index is 11.8. The van der Waals surface area contributed by atoms with Crippen LogP contribution in [-0.2, 0) is 6.42 Å². The monoisotopic (exact) mass is 651 g/mol. The zero-order valence-corrected chi connectivity index (χ0v) is 28.4. The average molecular weight is 652 g/mol. The number of hydrogen-bond acceptors (Lipinski definition) is 9. The summed E-state index contributed by atoms with van der Waals surface area (Å²) in [5.74, 6) is 0.896. The Labute approximate surface area is 280 Å². The summed E-state index contributed by atoms with van der Waals surface area (Å²) in [4.78, 5) is 34.0. The number of amides is 1. The van der Waals surface area contributed by atoms with Crippen molar-refractivity contribution in [3.05, 3.63) is 54.0 Å². The molecule has 1 spiro atoms. The van der Waals surface area contributed by atoms with Gasteiger partial charge in [-0.3, -0.25) is 4.90 Å². The first-order chi connectivity index (χ1) is 22.9. The van der Waals surface area contributed by atoms with E-state index >= 15 is 0 Å². The van der Waals surface area contributed by atoms with Gasteiger partial charge in [0.05, 0.1) is 29.8 Å². The van der Waals surface area contributed by atoms with Gasteiger partial charge in [-0.05, 0) is 50.3 Å². The van der Waals surface area contributed by atoms with Gasteiger partial charge in [-0.25, -0.2) is 14.8 Å². The Balaban J connectivity index is 0.934. The molecule has 4 aromatic rings. The van der Waals surface area contributed by atoms with Crippen molar-refractivity contribution < 1.29 is 15.0 Å². The van der Waals surface area contributed by atoms with Gasteiger partial charge in [0.15, 0.2) is 5.65 Å². The third-order valence-corrected chi connectivity index (χ3v) is 11.5. The topological polar surface area (TPSA) is 138 Å². The molecular formula is C36H45N9O3. The largest absolute Gasteiger partial charge is 0.507 e. The van der Waals surface area contributed by atoms with E-state index in [4.69, 9.17) is 9.97 Å². The number of aromatic amines is 1. The van der Waals surface area contributed by atoms with E-state index in [1.165, 1.54) is 5.56 Å². The Morgan fingerprint density at radius 2 is 1.79 bits per heavy atom. The number of piperazine rings is 1. The van der Waals surface area contributed by atoms with Crippen LogP contribution in [0.2, 0.25) is 0 Å². The van der Waals surface area contributed by atoms with Crippen molar-refractivity contribution in [3.63, 3.8) is 0 Å². The Morgan fingerprint density at radius 1 is 1.04 bits per heavy atom. The molecule has 48 heavy (non-hydrogen) atoms. The number of benzene rings is 1. The van der Waals surface area contributed by atoms with Crippen LogP contribution in [0.5, 0.6) is 5.75 Å². The molecule has 0 radical (unpaired) electrons. The van der Waals surface area contributed by atoms with Crippen molar-refractivity contribution in [1.82, 2.24) is 34.9 Å². The highest BCUT2D eigenvalue weighted by Gasteiger charge is 2.65. The number of nitrogens with zero attached hydrogens (tertiary/aromatic N) is 8. The summed E-state index contributed by atoms with van der Waals surface area (Å²) in [6, 6.07) is 10.2. The molecule has 3 aliphatic heterocycles. The second-order valence-electron chi connectivity index (χ2n) is 15.5. The van der Waals surface area contributed by atoms with Gasteiger partial charge in [0.1, 0.15) is 5.75 Å². The molecule has 1 amide bonds. The summed E-state index contributed by atoms with van der Waals surface area (Å²) in [7, 11) is 0. The summed E-state index contributed by atoms with van der Waals surface area (Å²) in [6.45, 7) is 15.3. The molecule has 3 fully saturated rings. The quantitative estimate of drug-likeness (QED) is 0.266. The van der Waals surface area contributed by atoms with E-state index in [9.17, 15) is 15.0 Å². The highest BCUT2D eigenvalue weighted by molar-refractivity contribution is 5.86. The van der Waals surface area contributed by atoms with Crippen LogP contribution < -0.4 is 9.80 Å². The van der Waals surface area contributed by atoms with Gasteiger partial charge in [0, 0.05) is 84.9 Å². The number of H-pyrrole nitrogens is 1. The first-order valence-electron chi connectivity index (χ1n) is 17.2. The van der Waals surface area contributed by atoms with Crippen LogP contribution in [0.3, 0.4) is 0 Å². The molecule has 1 aromatic carbocycles. The van der Waals surface area contributed by atoms with E-state index in [0.717, 1.165) is 67.9 Å². The molecule has 1 aliphatic carbocycles. The van der Waals surface area contributed by atoms with Gasteiger partial charge in [-0.1, -0.05) is 32.9 Å². The number of nitrogens with one attached hydrogen (secondary N) is 1. The van der Waals surface area contributed by atoms with Crippen LogP contribution in [0.25, 0.3) is 22.3 Å². The Kier molecular flexibility index (Phi) is 7.10. The van der Waals surface area contributed by atoms with Crippen molar-refractivity contribution in [2.45, 2.75) is 78.0 Å². The number of phenols is 1. The van der Waals surface area contributed by atoms with Gasteiger partial charge in [-0.2, -0.15) is 0 Å². The van der Waals surface area contributed by atoms with E-state index in [1.807, 2.05) is 30.6 Å². The minimum absolute atomic E-state index is 0.0280. The lowest BCUT2D eigenvalue weighted by Gasteiger charge is -2.69. The number of aromatic hydroxyl groups is 1. The fourth-order valence-electron chi connectivity index (χ4n) is 9.55. The standard InChI is InChI=1S/C36H45N9O3/c1-21-19-42(12-13-43(21)23-15-36(16-23)20-45(34(47)48)32(36)35(3,4)5)24-17-37-33(38-18-24)44-11-10-27-30(22(44)2)26-14-28(40-41-31(26)39-27)25-8-6-7-9-29(25)46/h6-9,14,17-18,21-23,32,46H,10-13,15-16,19-20H2,1-5H3,(H,39,41)(H,47,48)/t21-,22-,23?,32?,36?/m1/s1. The zero-order valence-electron chi connectivity index (χ0n) is 28.4. The summed E-state index contributed by atoms with van der Waals surface area (Å²) >= 11 is 0. The van der Waals surface area contributed by atoms with Gasteiger partial charge < -0.3 is 29.9 Å². The second-order valence-corrected chi connectivity index (χ2v) is 15.5. The number of phenolic OH excluding ortho intramolecular Hbond substituents is 1. The number of hydrogen-bond donors (Lipinski definition) is 3. The first-order valence-corrected chi connectivity index (χ1v) is 17.2. The van der Waals surface area contributed by atoms with Crippen molar-refractivity contribution >= 4 is 28.8 Å². The summed E-state index contributed by atoms with van der Waals surface area (Å²) in [5.41, 5.74) is 5.48. The smallest absolute Gasteiger partial charge is 0.407 e. The Bertz CT molecular complexity index is 1860. The van der Waals surface area contributed by atoms with E-state index in [2.05, 4.69) is 64.5 Å².